The zero-order valence-electron chi connectivity index (χ0n) is 18.5. The molecule has 0 unspecified atom stereocenters. The fourth-order valence-electron chi connectivity index (χ4n) is 3.54. The molecule has 0 aliphatic carbocycles. The Bertz CT molecular complexity index is 1470. The van der Waals surface area contributed by atoms with Crippen LogP contribution in [0.5, 0.6) is 5.75 Å². The van der Waals surface area contributed by atoms with Crippen molar-refractivity contribution in [2.45, 2.75) is 26.2 Å². The van der Waals surface area contributed by atoms with Gasteiger partial charge in [-0.2, -0.15) is 9.78 Å². The summed E-state index contributed by atoms with van der Waals surface area (Å²) in [5.74, 6) is 0.387. The number of hydrogen-bond donors (Lipinski definition) is 1. The van der Waals surface area contributed by atoms with Crippen molar-refractivity contribution < 1.29 is 9.53 Å². The first kappa shape index (κ1) is 22.7. The minimum atomic E-state index is -0.582. The topological polar surface area (TPSA) is 99.6 Å². The van der Waals surface area contributed by atoms with Crippen LogP contribution in [0.25, 0.3) is 21.7 Å². The van der Waals surface area contributed by atoms with Crippen LogP contribution in [0.15, 0.2) is 69.0 Å². The van der Waals surface area contributed by atoms with E-state index >= 15 is 0 Å². The summed E-state index contributed by atoms with van der Waals surface area (Å²) in [6.07, 6.45) is 1.57. The molecule has 7 nitrogen and oxygen atoms in total. The molecule has 0 aliphatic rings. The van der Waals surface area contributed by atoms with Gasteiger partial charge in [0.1, 0.15) is 11.6 Å². The molecule has 1 amide bonds. The van der Waals surface area contributed by atoms with Gasteiger partial charge in [-0.15, -0.1) is 0 Å². The van der Waals surface area contributed by atoms with E-state index in [-0.39, 0.29) is 12.2 Å². The summed E-state index contributed by atoms with van der Waals surface area (Å²) in [5, 5.41) is 6.85. The highest BCUT2D eigenvalue weighted by Crippen LogP contribution is 2.27. The summed E-state index contributed by atoms with van der Waals surface area (Å²) >= 11 is 3.42. The summed E-state index contributed by atoms with van der Waals surface area (Å²) in [7, 11) is 0. The second kappa shape index (κ2) is 8.78. The van der Waals surface area contributed by atoms with Crippen molar-refractivity contribution in [2.24, 2.45) is 10.8 Å². The lowest BCUT2D eigenvalue weighted by Gasteiger charge is -2.21. The number of hydrogen-bond acceptors (Lipinski definition) is 5. The summed E-state index contributed by atoms with van der Waals surface area (Å²) in [4.78, 5) is 29.5. The highest BCUT2D eigenvalue weighted by Gasteiger charge is 2.23. The van der Waals surface area contributed by atoms with Gasteiger partial charge in [-0.1, -0.05) is 67.0 Å². The van der Waals surface area contributed by atoms with Gasteiger partial charge < -0.3 is 10.5 Å². The molecule has 1 aromatic heterocycles. The molecular formula is C25H23BrN4O3. The van der Waals surface area contributed by atoms with Gasteiger partial charge in [0.2, 0.25) is 0 Å². The molecule has 4 rings (SSSR count). The first-order valence-corrected chi connectivity index (χ1v) is 11.1. The molecule has 168 valence electrons. The number of aromatic nitrogens is 2. The van der Waals surface area contributed by atoms with Crippen molar-refractivity contribution in [3.63, 3.8) is 0 Å². The molecule has 8 heteroatoms. The van der Waals surface area contributed by atoms with Gasteiger partial charge in [0, 0.05) is 15.5 Å². The highest BCUT2D eigenvalue weighted by molar-refractivity contribution is 9.10. The number of nitrogens with two attached hydrogens (primary N) is 1. The van der Waals surface area contributed by atoms with E-state index in [1.807, 2.05) is 63.2 Å². The molecule has 0 atom stereocenters. The van der Waals surface area contributed by atoms with E-state index in [1.54, 1.807) is 18.3 Å². The molecule has 33 heavy (non-hydrogen) atoms. The molecule has 2 N–H and O–H groups in total. The van der Waals surface area contributed by atoms with Gasteiger partial charge in [0.05, 0.1) is 17.1 Å². The maximum Gasteiger partial charge on any atom is 0.282 e. The first-order chi connectivity index (χ1) is 15.6. The Labute approximate surface area is 199 Å². The zero-order valence-corrected chi connectivity index (χ0v) is 20.1. The molecular weight excluding hydrogens is 484 g/mol. The monoisotopic (exact) mass is 506 g/mol. The van der Waals surface area contributed by atoms with Crippen LogP contribution in [-0.4, -0.2) is 28.4 Å². The predicted molar refractivity (Wildman–Crippen MR) is 134 cm³/mol. The number of carbonyl (C=O) groups excluding carboxylic acids is 1. The van der Waals surface area contributed by atoms with Gasteiger partial charge in [0.15, 0.2) is 6.61 Å². The Hall–Kier alpha value is -3.52. The molecule has 3 aromatic carbocycles. The molecule has 0 radical (unpaired) electrons. The van der Waals surface area contributed by atoms with Crippen molar-refractivity contribution in [1.82, 2.24) is 9.66 Å². The minimum Gasteiger partial charge on any atom is -0.483 e. The van der Waals surface area contributed by atoms with Crippen molar-refractivity contribution in [3.05, 3.63) is 80.8 Å². The van der Waals surface area contributed by atoms with Crippen molar-refractivity contribution in [3.8, 4) is 5.75 Å². The maximum atomic E-state index is 13.4. The fourth-order valence-corrected chi connectivity index (χ4v) is 3.90. The average molecular weight is 507 g/mol. The largest absolute Gasteiger partial charge is 0.483 e. The average Bonchev–Trinajstić information content (AvgIpc) is 2.76. The lowest BCUT2D eigenvalue weighted by atomic mass is 9.95. The summed E-state index contributed by atoms with van der Waals surface area (Å²) in [6, 6.07) is 16.8. The number of nitrogens with zero attached hydrogens (tertiary/aromatic N) is 3. The third-order valence-corrected chi connectivity index (χ3v) is 5.58. The van der Waals surface area contributed by atoms with E-state index in [0.29, 0.717) is 28.0 Å². The predicted octanol–water partition coefficient (Wildman–Crippen LogP) is 4.36. The Balaban J connectivity index is 1.94. The van der Waals surface area contributed by atoms with Gasteiger partial charge in [0.25, 0.3) is 11.5 Å². The minimum absolute atomic E-state index is 0.266. The lowest BCUT2D eigenvalue weighted by molar-refractivity contribution is -0.119. The third-order valence-electron chi connectivity index (χ3n) is 5.08. The Morgan fingerprint density at radius 2 is 1.91 bits per heavy atom. The van der Waals surface area contributed by atoms with E-state index in [9.17, 15) is 9.59 Å². The van der Waals surface area contributed by atoms with Crippen molar-refractivity contribution in [1.29, 1.82) is 0 Å². The summed E-state index contributed by atoms with van der Waals surface area (Å²) < 4.78 is 7.74. The molecule has 0 spiro atoms. The van der Waals surface area contributed by atoms with Crippen LogP contribution in [-0.2, 0) is 10.2 Å². The van der Waals surface area contributed by atoms with Gasteiger partial charge in [-0.05, 0) is 35.0 Å². The molecule has 0 bridgehead atoms. The van der Waals surface area contributed by atoms with E-state index in [1.165, 1.54) is 4.68 Å². The summed E-state index contributed by atoms with van der Waals surface area (Å²) in [6.45, 7) is 5.67. The Kier molecular flexibility index (Phi) is 6.03. The fraction of sp³-hybridized carbons (Fsp3) is 0.200. The number of benzene rings is 3. The normalized spacial score (nSPS) is 12.0. The smallest absolute Gasteiger partial charge is 0.282 e. The highest BCUT2D eigenvalue weighted by atomic mass is 79.9. The van der Waals surface area contributed by atoms with Crippen LogP contribution in [0.3, 0.4) is 0 Å². The van der Waals surface area contributed by atoms with Crippen molar-refractivity contribution >= 4 is 49.7 Å². The van der Waals surface area contributed by atoms with Crippen LogP contribution < -0.4 is 16.0 Å². The number of primary amides is 1. The Morgan fingerprint density at radius 1 is 1.15 bits per heavy atom. The maximum absolute atomic E-state index is 13.4. The van der Waals surface area contributed by atoms with Crippen LogP contribution in [0.4, 0.5) is 0 Å². The van der Waals surface area contributed by atoms with Crippen LogP contribution in [0, 0.1) is 0 Å². The van der Waals surface area contributed by atoms with Gasteiger partial charge >= 0.3 is 0 Å². The second-order valence-electron chi connectivity index (χ2n) is 8.66. The molecule has 0 saturated heterocycles. The van der Waals surface area contributed by atoms with Crippen LogP contribution in [0.2, 0.25) is 0 Å². The van der Waals surface area contributed by atoms with E-state index in [4.69, 9.17) is 15.5 Å². The molecule has 4 aromatic rings. The van der Waals surface area contributed by atoms with Crippen LogP contribution >= 0.6 is 15.9 Å². The zero-order chi connectivity index (χ0) is 23.8. The van der Waals surface area contributed by atoms with Crippen LogP contribution in [0.1, 0.15) is 32.2 Å². The summed E-state index contributed by atoms with van der Waals surface area (Å²) in [5.41, 5.74) is 5.79. The number of amides is 1. The molecule has 1 heterocycles. The third kappa shape index (κ3) is 4.66. The van der Waals surface area contributed by atoms with Crippen molar-refractivity contribution in [2.75, 3.05) is 6.61 Å². The molecule has 0 aliphatic heterocycles. The van der Waals surface area contributed by atoms with Gasteiger partial charge in [-0.3, -0.25) is 9.59 Å². The first-order valence-electron chi connectivity index (χ1n) is 10.3. The lowest BCUT2D eigenvalue weighted by Crippen LogP contribution is -2.29. The number of halogens is 1. The van der Waals surface area contributed by atoms with E-state index in [2.05, 4.69) is 21.0 Å². The standard InChI is InChI=1S/C25H23BrN4O3/c1-25(2,3)24-29-20-10-9-16(26)12-18(20)23(32)30(24)28-13-19-17-7-5-4-6-15(17)8-11-21(19)33-14-22(27)31/h4-13H,14H2,1-3H3,(H2,27,31). The number of rotatable bonds is 5. The second-order valence-corrected chi connectivity index (χ2v) is 9.58. The quantitative estimate of drug-likeness (QED) is 0.406. The number of fused-ring (bicyclic) bond motifs is 2. The van der Waals surface area contributed by atoms with E-state index in [0.717, 1.165) is 15.2 Å². The van der Waals surface area contributed by atoms with E-state index < -0.39 is 11.3 Å². The number of carbonyl (C=O) groups is 1. The number of ether oxygens (including phenoxy) is 1. The molecule has 0 saturated carbocycles. The molecule has 0 fully saturated rings. The SMILES string of the molecule is CC(C)(C)c1nc2ccc(Br)cc2c(=O)n1N=Cc1c(OCC(N)=O)ccc2ccccc12. The van der Waals surface area contributed by atoms with Gasteiger partial charge in [-0.25, -0.2) is 4.98 Å². The Morgan fingerprint density at radius 3 is 2.64 bits per heavy atom.